The van der Waals surface area contributed by atoms with Crippen molar-refractivity contribution in [3.05, 3.63) is 21.9 Å². The molecule has 1 saturated carbocycles. The highest BCUT2D eigenvalue weighted by Crippen LogP contribution is 2.45. The van der Waals surface area contributed by atoms with Crippen LogP contribution < -0.4 is 0 Å². The molecule has 2 atom stereocenters. The number of carbonyl (C=O) groups excluding carboxylic acids is 2. The van der Waals surface area contributed by atoms with Crippen molar-refractivity contribution in [1.29, 1.82) is 0 Å². The maximum absolute atomic E-state index is 12.7. The topological polar surface area (TPSA) is 43.9 Å². The van der Waals surface area contributed by atoms with E-state index in [0.29, 0.717) is 11.8 Å². The largest absolute Gasteiger partial charge is 0.340 e. The summed E-state index contributed by atoms with van der Waals surface area (Å²) in [6, 6.07) is 2.14. The number of thioether (sulfide) groups is 1. The van der Waals surface area contributed by atoms with Gasteiger partial charge in [-0.05, 0) is 43.7 Å². The van der Waals surface area contributed by atoms with Gasteiger partial charge in [0.15, 0.2) is 0 Å². The summed E-state index contributed by atoms with van der Waals surface area (Å²) >= 11 is 3.53. The van der Waals surface area contributed by atoms with Crippen molar-refractivity contribution in [2.45, 2.75) is 43.7 Å². The second-order valence-corrected chi connectivity index (χ2v) is 10.3. The van der Waals surface area contributed by atoms with Crippen molar-refractivity contribution >= 4 is 34.9 Å². The number of carbonyl (C=O) groups is 2. The third-order valence-corrected chi connectivity index (χ3v) is 8.75. The standard InChI is InChI=1S/C20H29N3O2S2/c1-14-6-13-26-17(14)20-23(18(24)15(2)27-20)12-9-21-7-10-22(11-8-21)19(25)16-4-3-5-16/h6,13,15-16,20H,3-5,7-12H2,1-2H3/t15-,20-/m1/s1. The minimum absolute atomic E-state index is 0.0356. The molecule has 0 N–H and O–H groups in total. The van der Waals surface area contributed by atoms with Crippen LogP contribution in [0.1, 0.15) is 42.0 Å². The number of piperazine rings is 1. The Morgan fingerprint density at radius 3 is 2.52 bits per heavy atom. The highest BCUT2D eigenvalue weighted by atomic mass is 32.2. The molecule has 1 aliphatic carbocycles. The number of hydrogen-bond donors (Lipinski definition) is 0. The van der Waals surface area contributed by atoms with Gasteiger partial charge in [0.25, 0.3) is 0 Å². The molecule has 0 bridgehead atoms. The van der Waals surface area contributed by atoms with Crippen molar-refractivity contribution in [2.75, 3.05) is 39.3 Å². The highest BCUT2D eigenvalue weighted by Gasteiger charge is 2.39. The SMILES string of the molecule is Cc1ccsc1[C@H]1S[C@H](C)C(=O)N1CCN1CCN(C(=O)C2CCC2)CC1. The molecule has 1 aromatic rings. The Bertz CT molecular complexity index is 695. The molecule has 2 amide bonds. The van der Waals surface area contributed by atoms with Crippen LogP contribution >= 0.6 is 23.1 Å². The van der Waals surface area contributed by atoms with Crippen molar-refractivity contribution in [1.82, 2.24) is 14.7 Å². The summed E-state index contributed by atoms with van der Waals surface area (Å²) < 4.78 is 0. The fourth-order valence-electron chi connectivity index (χ4n) is 4.10. The van der Waals surface area contributed by atoms with Gasteiger partial charge in [-0.1, -0.05) is 6.42 Å². The van der Waals surface area contributed by atoms with Crippen molar-refractivity contribution in [3.63, 3.8) is 0 Å². The predicted molar refractivity (Wildman–Crippen MR) is 111 cm³/mol. The Morgan fingerprint density at radius 2 is 1.93 bits per heavy atom. The van der Waals surface area contributed by atoms with Gasteiger partial charge >= 0.3 is 0 Å². The third-order valence-electron chi connectivity index (χ3n) is 6.17. The van der Waals surface area contributed by atoms with Crippen LogP contribution in [-0.2, 0) is 9.59 Å². The highest BCUT2D eigenvalue weighted by molar-refractivity contribution is 8.01. The van der Waals surface area contributed by atoms with Crippen molar-refractivity contribution < 1.29 is 9.59 Å². The molecule has 27 heavy (non-hydrogen) atoms. The predicted octanol–water partition coefficient (Wildman–Crippen LogP) is 2.96. The summed E-state index contributed by atoms with van der Waals surface area (Å²) in [6.07, 6.45) is 3.37. The van der Waals surface area contributed by atoms with Gasteiger partial charge in [0.1, 0.15) is 5.37 Å². The van der Waals surface area contributed by atoms with Crippen LogP contribution in [0.25, 0.3) is 0 Å². The van der Waals surface area contributed by atoms with Gasteiger partial charge in [-0.2, -0.15) is 0 Å². The summed E-state index contributed by atoms with van der Waals surface area (Å²) in [4.78, 5) is 32.9. The molecule has 0 spiro atoms. The average Bonchev–Trinajstić information content (AvgIpc) is 3.16. The number of nitrogens with zero attached hydrogens (tertiary/aromatic N) is 3. The molecule has 0 unspecified atom stereocenters. The van der Waals surface area contributed by atoms with Crippen LogP contribution in [-0.4, -0.2) is 71.0 Å². The van der Waals surface area contributed by atoms with Gasteiger partial charge in [-0.25, -0.2) is 0 Å². The van der Waals surface area contributed by atoms with E-state index in [9.17, 15) is 9.59 Å². The fourth-order valence-corrected chi connectivity index (χ4v) is 6.65. The summed E-state index contributed by atoms with van der Waals surface area (Å²) in [5.41, 5.74) is 1.28. The lowest BCUT2D eigenvalue weighted by molar-refractivity contribution is -0.139. The van der Waals surface area contributed by atoms with Crippen molar-refractivity contribution in [3.8, 4) is 0 Å². The van der Waals surface area contributed by atoms with Crippen LogP contribution in [0.4, 0.5) is 0 Å². The van der Waals surface area contributed by atoms with Gasteiger partial charge in [-0.3, -0.25) is 14.5 Å². The first kappa shape index (κ1) is 19.3. The van der Waals surface area contributed by atoms with E-state index in [2.05, 4.69) is 33.1 Å². The molecule has 0 radical (unpaired) electrons. The van der Waals surface area contributed by atoms with Gasteiger partial charge in [0, 0.05) is 50.1 Å². The first-order chi connectivity index (χ1) is 13.0. The third kappa shape index (κ3) is 3.91. The lowest BCUT2D eigenvalue weighted by Crippen LogP contribution is -2.52. The average molecular weight is 408 g/mol. The summed E-state index contributed by atoms with van der Waals surface area (Å²) in [6.45, 7) is 9.34. The van der Waals surface area contributed by atoms with E-state index in [0.717, 1.165) is 52.1 Å². The number of amides is 2. The number of rotatable bonds is 5. The lowest BCUT2D eigenvalue weighted by Gasteiger charge is -2.38. The quantitative estimate of drug-likeness (QED) is 0.753. The molecule has 148 valence electrons. The maximum Gasteiger partial charge on any atom is 0.236 e. The minimum Gasteiger partial charge on any atom is -0.340 e. The molecule has 5 nitrogen and oxygen atoms in total. The Kier molecular flexibility index (Phi) is 5.81. The van der Waals surface area contributed by atoms with E-state index < -0.39 is 0 Å². The second-order valence-electron chi connectivity index (χ2n) is 7.92. The van der Waals surface area contributed by atoms with E-state index >= 15 is 0 Å². The molecule has 3 heterocycles. The Balaban J connectivity index is 1.30. The van der Waals surface area contributed by atoms with E-state index in [4.69, 9.17) is 0 Å². The van der Waals surface area contributed by atoms with Crippen LogP contribution in [0.2, 0.25) is 0 Å². The molecule has 0 aromatic carbocycles. The van der Waals surface area contributed by atoms with E-state index in [1.807, 2.05) is 6.92 Å². The lowest BCUT2D eigenvalue weighted by atomic mass is 9.84. The molecule has 3 fully saturated rings. The maximum atomic E-state index is 12.7. The van der Waals surface area contributed by atoms with E-state index in [1.165, 1.54) is 16.9 Å². The van der Waals surface area contributed by atoms with E-state index in [-0.39, 0.29) is 16.5 Å². The van der Waals surface area contributed by atoms with Crippen LogP contribution in [0.15, 0.2) is 11.4 Å². The van der Waals surface area contributed by atoms with E-state index in [1.54, 1.807) is 23.1 Å². The van der Waals surface area contributed by atoms with Crippen molar-refractivity contribution in [2.24, 2.45) is 5.92 Å². The van der Waals surface area contributed by atoms with Crippen LogP contribution in [0.5, 0.6) is 0 Å². The Labute approximate surface area is 170 Å². The normalized spacial score (nSPS) is 27.3. The first-order valence-electron chi connectivity index (χ1n) is 10.1. The molecule has 2 aliphatic heterocycles. The van der Waals surface area contributed by atoms with Gasteiger partial charge in [0.05, 0.1) is 5.25 Å². The molecular formula is C20H29N3O2S2. The number of hydrogen-bond acceptors (Lipinski definition) is 5. The molecule has 4 rings (SSSR count). The zero-order chi connectivity index (χ0) is 19.0. The van der Waals surface area contributed by atoms with Gasteiger partial charge in [0.2, 0.25) is 11.8 Å². The second kappa shape index (κ2) is 8.13. The monoisotopic (exact) mass is 407 g/mol. The number of thiophene rings is 1. The van der Waals surface area contributed by atoms with Gasteiger partial charge in [-0.15, -0.1) is 23.1 Å². The molecular weight excluding hydrogens is 378 g/mol. The molecule has 3 aliphatic rings. The first-order valence-corrected chi connectivity index (χ1v) is 11.9. The van der Waals surface area contributed by atoms with Crippen LogP contribution in [0, 0.1) is 12.8 Å². The fraction of sp³-hybridized carbons (Fsp3) is 0.700. The smallest absolute Gasteiger partial charge is 0.236 e. The summed E-state index contributed by atoms with van der Waals surface area (Å²) in [7, 11) is 0. The van der Waals surface area contributed by atoms with Gasteiger partial charge < -0.3 is 9.80 Å². The zero-order valence-electron chi connectivity index (χ0n) is 16.2. The number of aryl methyl sites for hydroxylation is 1. The molecule has 1 aromatic heterocycles. The molecule has 2 saturated heterocycles. The van der Waals surface area contributed by atoms with Crippen LogP contribution in [0.3, 0.4) is 0 Å². The summed E-state index contributed by atoms with van der Waals surface area (Å²) in [5, 5.41) is 2.32. The summed E-state index contributed by atoms with van der Waals surface area (Å²) in [5.74, 6) is 0.928. The Morgan fingerprint density at radius 1 is 1.19 bits per heavy atom. The molecule has 7 heteroatoms. The minimum atomic E-state index is 0.0356. The zero-order valence-corrected chi connectivity index (χ0v) is 17.9. The Hall–Kier alpha value is -1.05.